The Kier molecular flexibility index (Phi) is 5.43. The Morgan fingerprint density at radius 1 is 1.17 bits per heavy atom. The van der Waals surface area contributed by atoms with E-state index in [-0.39, 0.29) is 24.2 Å². The largest absolute Gasteiger partial charge is 0.486 e. The average molecular weight is 394 g/mol. The lowest BCUT2D eigenvalue weighted by atomic mass is 9.96. The van der Waals surface area contributed by atoms with E-state index in [1.165, 1.54) is 0 Å². The van der Waals surface area contributed by atoms with Gasteiger partial charge < -0.3 is 19.7 Å². The number of fused-ring (bicyclic) bond motifs is 1. The molecule has 2 aliphatic rings. The van der Waals surface area contributed by atoms with Gasteiger partial charge in [-0.15, -0.1) is 0 Å². The Labute approximate surface area is 170 Å². The monoisotopic (exact) mass is 394 g/mol. The molecular formula is C23H26N2O4. The lowest BCUT2D eigenvalue weighted by molar-refractivity contribution is -0.122. The summed E-state index contributed by atoms with van der Waals surface area (Å²) in [4.78, 5) is 27.2. The molecule has 2 aromatic rings. The number of nitrogens with one attached hydrogen (secondary N) is 1. The Morgan fingerprint density at radius 3 is 2.72 bits per heavy atom. The summed E-state index contributed by atoms with van der Waals surface area (Å²) in [5, 5.41) is 3.05. The molecule has 0 aliphatic carbocycles. The molecule has 0 bridgehead atoms. The van der Waals surface area contributed by atoms with Gasteiger partial charge in [0.25, 0.3) is 0 Å². The van der Waals surface area contributed by atoms with Crippen LogP contribution in [0.1, 0.15) is 38.2 Å². The minimum Gasteiger partial charge on any atom is -0.486 e. The molecule has 1 N–H and O–H groups in total. The van der Waals surface area contributed by atoms with Crippen LogP contribution in [0.4, 0.5) is 11.4 Å². The molecule has 0 saturated carbocycles. The van der Waals surface area contributed by atoms with Gasteiger partial charge in [0.15, 0.2) is 11.5 Å². The molecule has 0 radical (unpaired) electrons. The molecule has 2 heterocycles. The third-order valence-corrected chi connectivity index (χ3v) is 5.70. The van der Waals surface area contributed by atoms with Crippen molar-refractivity contribution < 1.29 is 19.1 Å². The van der Waals surface area contributed by atoms with Gasteiger partial charge in [-0.3, -0.25) is 9.59 Å². The summed E-state index contributed by atoms with van der Waals surface area (Å²) in [6, 6.07) is 13.3. The lowest BCUT2D eigenvalue weighted by Gasteiger charge is -2.22. The van der Waals surface area contributed by atoms with Gasteiger partial charge in [-0.05, 0) is 36.1 Å². The molecule has 6 heteroatoms. The van der Waals surface area contributed by atoms with E-state index in [2.05, 4.69) is 19.2 Å². The highest BCUT2D eigenvalue weighted by Gasteiger charge is 2.36. The first-order valence-electron chi connectivity index (χ1n) is 10.2. The van der Waals surface area contributed by atoms with Crippen LogP contribution >= 0.6 is 0 Å². The van der Waals surface area contributed by atoms with Crippen molar-refractivity contribution in [1.29, 1.82) is 0 Å². The fourth-order valence-corrected chi connectivity index (χ4v) is 3.83. The van der Waals surface area contributed by atoms with Gasteiger partial charge in [0.2, 0.25) is 11.8 Å². The Morgan fingerprint density at radius 2 is 1.93 bits per heavy atom. The van der Waals surface area contributed by atoms with Crippen molar-refractivity contribution in [2.75, 3.05) is 30.0 Å². The number of rotatable bonds is 5. The molecule has 1 saturated heterocycles. The maximum atomic E-state index is 12.9. The number of amides is 2. The molecule has 2 aromatic carbocycles. The normalized spacial score (nSPS) is 19.2. The molecule has 6 nitrogen and oxygen atoms in total. The second-order valence-corrected chi connectivity index (χ2v) is 7.62. The van der Waals surface area contributed by atoms with Gasteiger partial charge in [-0.25, -0.2) is 0 Å². The van der Waals surface area contributed by atoms with Crippen molar-refractivity contribution in [3.05, 3.63) is 48.0 Å². The predicted octanol–water partition coefficient (Wildman–Crippen LogP) is 3.96. The molecule has 0 aromatic heterocycles. The molecule has 1 fully saturated rings. The number of hydrogen-bond acceptors (Lipinski definition) is 4. The zero-order chi connectivity index (χ0) is 20.4. The van der Waals surface area contributed by atoms with Crippen LogP contribution in [0.3, 0.4) is 0 Å². The number of carbonyl (C=O) groups is 2. The van der Waals surface area contributed by atoms with E-state index in [0.717, 1.165) is 23.4 Å². The van der Waals surface area contributed by atoms with Crippen molar-refractivity contribution in [2.45, 2.75) is 32.6 Å². The Bertz CT molecular complexity index is 927. The molecule has 152 valence electrons. The fraction of sp³-hybridized carbons (Fsp3) is 0.391. The molecule has 2 aliphatic heterocycles. The van der Waals surface area contributed by atoms with Gasteiger partial charge in [-0.2, -0.15) is 0 Å². The number of para-hydroxylation sites is 1. The summed E-state index contributed by atoms with van der Waals surface area (Å²) < 4.78 is 11.2. The summed E-state index contributed by atoms with van der Waals surface area (Å²) in [5.74, 6) is 1.11. The highest BCUT2D eigenvalue weighted by atomic mass is 16.6. The molecule has 2 amide bonds. The Balaban J connectivity index is 1.48. The van der Waals surface area contributed by atoms with Crippen LogP contribution in [0.5, 0.6) is 11.5 Å². The number of nitrogens with zero attached hydrogens (tertiary/aromatic N) is 1. The third kappa shape index (κ3) is 3.92. The topological polar surface area (TPSA) is 67.9 Å². The van der Waals surface area contributed by atoms with Crippen LogP contribution in [0.2, 0.25) is 0 Å². The predicted molar refractivity (Wildman–Crippen MR) is 112 cm³/mol. The first-order valence-corrected chi connectivity index (χ1v) is 10.2. The zero-order valence-electron chi connectivity index (χ0n) is 16.8. The number of anilines is 2. The molecular weight excluding hydrogens is 368 g/mol. The highest BCUT2D eigenvalue weighted by molar-refractivity contribution is 6.03. The number of ether oxygens (including phenoxy) is 2. The van der Waals surface area contributed by atoms with E-state index in [9.17, 15) is 9.59 Å². The smallest absolute Gasteiger partial charge is 0.229 e. The van der Waals surface area contributed by atoms with Gasteiger partial charge >= 0.3 is 0 Å². The van der Waals surface area contributed by atoms with Crippen molar-refractivity contribution >= 4 is 23.2 Å². The van der Waals surface area contributed by atoms with Crippen molar-refractivity contribution in [1.82, 2.24) is 0 Å². The van der Waals surface area contributed by atoms with E-state index < -0.39 is 0 Å². The second-order valence-electron chi connectivity index (χ2n) is 7.62. The first kappa shape index (κ1) is 19.3. The summed E-state index contributed by atoms with van der Waals surface area (Å²) in [7, 11) is 0. The molecule has 2 atom stereocenters. The summed E-state index contributed by atoms with van der Waals surface area (Å²) in [6.45, 7) is 5.65. The molecule has 4 rings (SSSR count). The van der Waals surface area contributed by atoms with Gasteiger partial charge in [-0.1, -0.05) is 32.0 Å². The third-order valence-electron chi connectivity index (χ3n) is 5.70. The number of hydrogen-bond donors (Lipinski definition) is 1. The average Bonchev–Trinajstić information content (AvgIpc) is 3.15. The minimum absolute atomic E-state index is 0.0583. The van der Waals surface area contributed by atoms with E-state index in [0.29, 0.717) is 37.2 Å². The molecule has 29 heavy (non-hydrogen) atoms. The van der Waals surface area contributed by atoms with Crippen molar-refractivity contribution in [3.63, 3.8) is 0 Å². The maximum absolute atomic E-state index is 12.9. The number of benzene rings is 2. The highest BCUT2D eigenvalue weighted by Crippen LogP contribution is 2.36. The van der Waals surface area contributed by atoms with E-state index in [1.54, 1.807) is 4.90 Å². The van der Waals surface area contributed by atoms with Crippen molar-refractivity contribution in [3.8, 4) is 11.5 Å². The number of carbonyl (C=O) groups excluding carboxylic acids is 2. The quantitative estimate of drug-likeness (QED) is 0.833. The SMILES string of the molecule is CC[C@@H](C)c1ccccc1NC(=O)[C@@H]1CC(=O)N(c2ccc3c(c2)OCCO3)C1. The van der Waals surface area contributed by atoms with Crippen LogP contribution in [0, 0.1) is 5.92 Å². The molecule has 0 unspecified atom stereocenters. The van der Waals surface area contributed by atoms with Gasteiger partial charge in [0, 0.05) is 30.4 Å². The summed E-state index contributed by atoms with van der Waals surface area (Å²) >= 11 is 0. The van der Waals surface area contributed by atoms with Crippen LogP contribution in [0.15, 0.2) is 42.5 Å². The Hall–Kier alpha value is -3.02. The van der Waals surface area contributed by atoms with Gasteiger partial charge in [0.1, 0.15) is 13.2 Å². The second kappa shape index (κ2) is 8.15. The zero-order valence-corrected chi connectivity index (χ0v) is 16.8. The summed E-state index contributed by atoms with van der Waals surface area (Å²) in [6.07, 6.45) is 1.19. The van der Waals surface area contributed by atoms with Crippen LogP contribution in [-0.2, 0) is 9.59 Å². The van der Waals surface area contributed by atoms with Crippen LogP contribution in [0.25, 0.3) is 0 Å². The van der Waals surface area contributed by atoms with E-state index in [1.807, 2.05) is 42.5 Å². The lowest BCUT2D eigenvalue weighted by Crippen LogP contribution is -2.28. The summed E-state index contributed by atoms with van der Waals surface area (Å²) in [5.41, 5.74) is 2.68. The minimum atomic E-state index is -0.388. The van der Waals surface area contributed by atoms with E-state index >= 15 is 0 Å². The molecule has 0 spiro atoms. The maximum Gasteiger partial charge on any atom is 0.229 e. The van der Waals surface area contributed by atoms with Gasteiger partial charge in [0.05, 0.1) is 5.92 Å². The van der Waals surface area contributed by atoms with Crippen LogP contribution in [-0.4, -0.2) is 31.6 Å². The van der Waals surface area contributed by atoms with Crippen LogP contribution < -0.4 is 19.7 Å². The first-order chi connectivity index (χ1) is 14.1. The van der Waals surface area contributed by atoms with E-state index in [4.69, 9.17) is 9.47 Å². The standard InChI is InChI=1S/C23H26N2O4/c1-3-15(2)18-6-4-5-7-19(18)24-23(27)16-12-22(26)25(14-16)17-8-9-20-21(13-17)29-11-10-28-20/h4-9,13,15-16H,3,10-12,14H2,1-2H3,(H,24,27)/t15-,16-/m1/s1. The van der Waals surface area contributed by atoms with Crippen molar-refractivity contribution in [2.24, 2.45) is 5.92 Å². The fourth-order valence-electron chi connectivity index (χ4n) is 3.83.